The fourth-order valence-corrected chi connectivity index (χ4v) is 4.19. The number of likely N-dealkylation sites (tertiary alicyclic amines) is 1. The molecule has 1 aromatic heterocycles. The fraction of sp³-hybridized carbons (Fsp3) is 0.435. The van der Waals surface area contributed by atoms with E-state index in [0.29, 0.717) is 19.4 Å². The first-order valence-corrected chi connectivity index (χ1v) is 11.3. The molecule has 0 spiro atoms. The Morgan fingerprint density at radius 3 is 2.60 bits per heavy atom. The molecule has 0 aliphatic carbocycles. The summed E-state index contributed by atoms with van der Waals surface area (Å²) in [6.07, 6.45) is 2.47. The van der Waals surface area contributed by atoms with Crippen molar-refractivity contribution in [2.24, 2.45) is 11.5 Å². The minimum Gasteiger partial charge on any atom is -0.480 e. The Bertz CT molecular complexity index is 1130. The van der Waals surface area contributed by atoms with Crippen LogP contribution in [0.5, 0.6) is 0 Å². The first-order valence-electron chi connectivity index (χ1n) is 11.3. The van der Waals surface area contributed by atoms with Gasteiger partial charge in [-0.1, -0.05) is 18.2 Å². The van der Waals surface area contributed by atoms with Crippen LogP contribution in [0.2, 0.25) is 0 Å². The number of hydrogen-bond donors (Lipinski definition) is 6. The van der Waals surface area contributed by atoms with E-state index in [1.807, 2.05) is 24.3 Å². The maximum absolute atomic E-state index is 13.1. The Balaban J connectivity index is 1.67. The molecule has 1 fully saturated rings. The van der Waals surface area contributed by atoms with Crippen molar-refractivity contribution >= 4 is 40.5 Å². The zero-order valence-corrected chi connectivity index (χ0v) is 19.3. The molecule has 12 nitrogen and oxygen atoms in total. The zero-order valence-electron chi connectivity index (χ0n) is 19.3. The minimum atomic E-state index is -1.38. The summed E-state index contributed by atoms with van der Waals surface area (Å²) in [6.45, 7) is 1.57. The van der Waals surface area contributed by atoms with Gasteiger partial charge in [0.25, 0.3) is 0 Å². The Hall–Kier alpha value is -3.93. The van der Waals surface area contributed by atoms with E-state index in [4.69, 9.17) is 16.6 Å². The molecule has 12 heteroatoms. The highest BCUT2D eigenvalue weighted by Gasteiger charge is 2.38. The number of nitrogens with one attached hydrogen (secondary N) is 3. The number of benzene rings is 1. The van der Waals surface area contributed by atoms with Gasteiger partial charge in [0.2, 0.25) is 23.6 Å². The van der Waals surface area contributed by atoms with Crippen LogP contribution in [-0.4, -0.2) is 75.3 Å². The van der Waals surface area contributed by atoms with Gasteiger partial charge in [0.15, 0.2) is 0 Å². The van der Waals surface area contributed by atoms with Crippen molar-refractivity contribution in [3.8, 4) is 0 Å². The number of fused-ring (bicyclic) bond motifs is 1. The van der Waals surface area contributed by atoms with Gasteiger partial charge >= 0.3 is 5.97 Å². The lowest BCUT2D eigenvalue weighted by Gasteiger charge is -2.28. The zero-order chi connectivity index (χ0) is 25.7. The summed E-state index contributed by atoms with van der Waals surface area (Å²) in [5.41, 5.74) is 13.2. The molecular formula is C23H30N6O6. The highest BCUT2D eigenvalue weighted by molar-refractivity contribution is 5.96. The van der Waals surface area contributed by atoms with E-state index in [2.05, 4.69) is 15.6 Å². The van der Waals surface area contributed by atoms with Gasteiger partial charge < -0.3 is 37.1 Å². The number of nitrogens with zero attached hydrogens (tertiary/aromatic N) is 1. The first-order chi connectivity index (χ1) is 16.6. The molecular weight excluding hydrogens is 456 g/mol. The third-order valence-corrected chi connectivity index (χ3v) is 6.04. The van der Waals surface area contributed by atoms with Crippen LogP contribution in [0, 0.1) is 0 Å². The van der Waals surface area contributed by atoms with Gasteiger partial charge in [0, 0.05) is 23.6 Å². The van der Waals surface area contributed by atoms with Crippen LogP contribution in [0.1, 0.15) is 31.7 Å². The lowest BCUT2D eigenvalue weighted by molar-refractivity contribution is -0.143. The number of aliphatic carboxylic acids is 1. The molecule has 0 bridgehead atoms. The van der Waals surface area contributed by atoms with E-state index < -0.39 is 60.2 Å². The van der Waals surface area contributed by atoms with Gasteiger partial charge in [0.1, 0.15) is 18.1 Å². The Labute approximate surface area is 201 Å². The lowest BCUT2D eigenvalue weighted by Crippen LogP contribution is -2.57. The molecule has 2 aromatic rings. The second-order valence-electron chi connectivity index (χ2n) is 8.66. The number of carbonyl (C=O) groups excluding carboxylic acids is 4. The predicted molar refractivity (Wildman–Crippen MR) is 126 cm³/mol. The minimum absolute atomic E-state index is 0.271. The van der Waals surface area contributed by atoms with Crippen molar-refractivity contribution < 1.29 is 29.1 Å². The van der Waals surface area contributed by atoms with Crippen LogP contribution in [0.15, 0.2) is 30.5 Å². The molecule has 0 saturated carbocycles. The number of carbonyl (C=O) groups is 5. The van der Waals surface area contributed by atoms with E-state index in [0.717, 1.165) is 16.5 Å². The van der Waals surface area contributed by atoms with Crippen LogP contribution in [0.3, 0.4) is 0 Å². The van der Waals surface area contributed by atoms with Crippen molar-refractivity contribution in [2.75, 3.05) is 6.54 Å². The van der Waals surface area contributed by atoms with Crippen LogP contribution >= 0.6 is 0 Å². The Morgan fingerprint density at radius 2 is 1.91 bits per heavy atom. The third kappa shape index (κ3) is 6.15. The summed E-state index contributed by atoms with van der Waals surface area (Å²) in [5.74, 6) is -4.03. The van der Waals surface area contributed by atoms with Crippen molar-refractivity contribution in [1.82, 2.24) is 20.5 Å². The number of nitrogens with two attached hydrogens (primary N) is 2. The molecule has 3 rings (SSSR count). The summed E-state index contributed by atoms with van der Waals surface area (Å²) in [7, 11) is 0. The second-order valence-corrected chi connectivity index (χ2v) is 8.66. The average Bonchev–Trinajstić information content (AvgIpc) is 3.45. The van der Waals surface area contributed by atoms with Gasteiger partial charge in [-0.05, 0) is 37.8 Å². The highest BCUT2D eigenvalue weighted by Crippen LogP contribution is 2.22. The van der Waals surface area contributed by atoms with E-state index in [9.17, 15) is 24.0 Å². The van der Waals surface area contributed by atoms with Crippen LogP contribution in [-0.2, 0) is 30.4 Å². The average molecular weight is 487 g/mol. The number of H-pyrrole nitrogens is 1. The summed E-state index contributed by atoms with van der Waals surface area (Å²) < 4.78 is 0. The standard InChI is InChI=1S/C23H30N6O6/c1-12(23(34)35)27-20(31)17(10-19(25)30)28-21(32)18-7-4-8-29(18)22(33)15(24)9-13-11-26-16-6-3-2-5-14(13)16/h2-3,5-6,11-12,15,17-18,26H,4,7-10,24H2,1H3,(H2,25,30)(H,27,31)(H,28,32)(H,34,35). The number of carboxylic acids is 1. The Morgan fingerprint density at radius 1 is 1.20 bits per heavy atom. The molecule has 4 atom stereocenters. The summed E-state index contributed by atoms with van der Waals surface area (Å²) in [6, 6.07) is 3.27. The molecule has 1 aliphatic heterocycles. The third-order valence-electron chi connectivity index (χ3n) is 6.04. The molecule has 4 amide bonds. The van der Waals surface area contributed by atoms with Crippen LogP contribution in [0.4, 0.5) is 0 Å². The molecule has 2 heterocycles. The SMILES string of the molecule is CC(NC(=O)C(CC(N)=O)NC(=O)C1CCCN1C(=O)C(N)Cc1c[nH]c2ccccc12)C(=O)O. The number of aromatic nitrogens is 1. The molecule has 188 valence electrons. The number of amides is 4. The predicted octanol–water partition coefficient (Wildman–Crippen LogP) is -1.02. The monoisotopic (exact) mass is 486 g/mol. The van der Waals surface area contributed by atoms with Crippen molar-refractivity contribution in [1.29, 1.82) is 0 Å². The quantitative estimate of drug-likeness (QED) is 0.247. The van der Waals surface area contributed by atoms with Gasteiger partial charge in [-0.15, -0.1) is 0 Å². The van der Waals surface area contributed by atoms with Crippen molar-refractivity contribution in [2.45, 2.75) is 56.8 Å². The van der Waals surface area contributed by atoms with Gasteiger partial charge in [-0.2, -0.15) is 0 Å². The lowest BCUT2D eigenvalue weighted by atomic mass is 10.0. The molecule has 1 aromatic carbocycles. The maximum atomic E-state index is 13.1. The summed E-state index contributed by atoms with van der Waals surface area (Å²) >= 11 is 0. The Kier molecular flexibility index (Phi) is 8.07. The summed E-state index contributed by atoms with van der Waals surface area (Å²) in [5, 5.41) is 14.6. The van der Waals surface area contributed by atoms with E-state index in [1.165, 1.54) is 11.8 Å². The number of aromatic amines is 1. The highest BCUT2D eigenvalue weighted by atomic mass is 16.4. The molecule has 4 unspecified atom stereocenters. The smallest absolute Gasteiger partial charge is 0.325 e. The second kappa shape index (κ2) is 11.0. The fourth-order valence-electron chi connectivity index (χ4n) is 4.19. The first kappa shape index (κ1) is 25.7. The van der Waals surface area contributed by atoms with Crippen molar-refractivity contribution in [3.05, 3.63) is 36.0 Å². The molecule has 35 heavy (non-hydrogen) atoms. The largest absolute Gasteiger partial charge is 0.480 e. The number of carboxylic acid groups (broad SMARTS) is 1. The van der Waals surface area contributed by atoms with Gasteiger partial charge in [-0.25, -0.2) is 0 Å². The van der Waals surface area contributed by atoms with E-state index in [-0.39, 0.29) is 6.42 Å². The number of para-hydroxylation sites is 1. The van der Waals surface area contributed by atoms with E-state index in [1.54, 1.807) is 6.20 Å². The van der Waals surface area contributed by atoms with Crippen LogP contribution < -0.4 is 22.1 Å². The van der Waals surface area contributed by atoms with Gasteiger partial charge in [-0.3, -0.25) is 24.0 Å². The molecule has 8 N–H and O–H groups in total. The van der Waals surface area contributed by atoms with Crippen LogP contribution in [0.25, 0.3) is 10.9 Å². The topological polar surface area (TPSA) is 201 Å². The molecule has 0 radical (unpaired) electrons. The number of hydrogen-bond acceptors (Lipinski definition) is 6. The van der Waals surface area contributed by atoms with E-state index >= 15 is 0 Å². The number of rotatable bonds is 10. The molecule has 1 saturated heterocycles. The maximum Gasteiger partial charge on any atom is 0.325 e. The van der Waals surface area contributed by atoms with Gasteiger partial charge in [0.05, 0.1) is 12.5 Å². The number of primary amides is 1. The van der Waals surface area contributed by atoms with Crippen molar-refractivity contribution in [3.63, 3.8) is 0 Å². The normalized spacial score (nSPS) is 18.0. The molecule has 1 aliphatic rings. The summed E-state index contributed by atoms with van der Waals surface area (Å²) in [4.78, 5) is 65.6.